The van der Waals surface area contributed by atoms with Gasteiger partial charge >= 0.3 is 5.97 Å². The Morgan fingerprint density at radius 3 is 2.45 bits per heavy atom. The van der Waals surface area contributed by atoms with E-state index in [4.69, 9.17) is 9.47 Å². The maximum absolute atomic E-state index is 11.8. The van der Waals surface area contributed by atoms with Crippen molar-refractivity contribution in [1.29, 1.82) is 0 Å². The van der Waals surface area contributed by atoms with Crippen molar-refractivity contribution in [2.45, 2.75) is 6.10 Å². The lowest BCUT2D eigenvalue weighted by atomic mass is 10.0. The summed E-state index contributed by atoms with van der Waals surface area (Å²) in [5.74, 6) is 0.402. The predicted octanol–water partition coefficient (Wildman–Crippen LogP) is 3.58. The SMILES string of the molecule is COC(=O)c1cccc(-c2cccc(NCCNC[C@@H](O)COc3ccccc3)c2)c1. The van der Waals surface area contributed by atoms with Crippen LogP contribution in [0.1, 0.15) is 10.4 Å². The molecule has 3 aromatic carbocycles. The number of methoxy groups -OCH3 is 1. The second-order valence-electron chi connectivity index (χ2n) is 7.06. The first kappa shape index (κ1) is 22.3. The van der Waals surface area contributed by atoms with Crippen LogP contribution in [0.15, 0.2) is 78.9 Å². The smallest absolute Gasteiger partial charge is 0.337 e. The number of rotatable bonds is 11. The molecule has 0 fully saturated rings. The summed E-state index contributed by atoms with van der Waals surface area (Å²) < 4.78 is 10.3. The maximum Gasteiger partial charge on any atom is 0.337 e. The molecule has 0 bridgehead atoms. The van der Waals surface area contributed by atoms with E-state index < -0.39 is 6.10 Å². The topological polar surface area (TPSA) is 79.8 Å². The summed E-state index contributed by atoms with van der Waals surface area (Å²) in [5, 5.41) is 16.6. The van der Waals surface area contributed by atoms with E-state index in [0.717, 1.165) is 22.6 Å². The van der Waals surface area contributed by atoms with Gasteiger partial charge in [0.1, 0.15) is 18.5 Å². The quantitative estimate of drug-likeness (QED) is 0.325. The number of nitrogens with one attached hydrogen (secondary N) is 2. The lowest BCUT2D eigenvalue weighted by Gasteiger charge is -2.14. The Hall–Kier alpha value is -3.35. The molecular formula is C25H28N2O4. The fraction of sp³-hybridized carbons (Fsp3) is 0.240. The van der Waals surface area contributed by atoms with Gasteiger partial charge in [0.2, 0.25) is 0 Å². The molecule has 0 saturated heterocycles. The van der Waals surface area contributed by atoms with E-state index in [2.05, 4.69) is 10.6 Å². The number of para-hydroxylation sites is 1. The second kappa shape index (κ2) is 11.7. The molecule has 3 rings (SSSR count). The largest absolute Gasteiger partial charge is 0.491 e. The highest BCUT2D eigenvalue weighted by molar-refractivity contribution is 5.91. The number of aliphatic hydroxyl groups excluding tert-OH is 1. The third-order valence-corrected chi connectivity index (χ3v) is 4.68. The van der Waals surface area contributed by atoms with Gasteiger partial charge in [0, 0.05) is 25.3 Å². The Bertz CT molecular complexity index is 963. The lowest BCUT2D eigenvalue weighted by molar-refractivity contribution is 0.0600. The fourth-order valence-electron chi connectivity index (χ4n) is 3.08. The molecule has 6 nitrogen and oxygen atoms in total. The summed E-state index contributed by atoms with van der Waals surface area (Å²) in [5.41, 5.74) is 3.47. The molecule has 0 aliphatic rings. The maximum atomic E-state index is 11.8. The normalized spacial score (nSPS) is 11.5. The van der Waals surface area contributed by atoms with Crippen LogP contribution in [0.4, 0.5) is 5.69 Å². The zero-order chi connectivity index (χ0) is 21.9. The lowest BCUT2D eigenvalue weighted by Crippen LogP contribution is -2.34. The van der Waals surface area contributed by atoms with Crippen molar-refractivity contribution in [1.82, 2.24) is 5.32 Å². The van der Waals surface area contributed by atoms with E-state index in [-0.39, 0.29) is 12.6 Å². The van der Waals surface area contributed by atoms with E-state index in [1.807, 2.05) is 72.8 Å². The van der Waals surface area contributed by atoms with Crippen LogP contribution in [0, 0.1) is 0 Å². The van der Waals surface area contributed by atoms with Crippen molar-refractivity contribution >= 4 is 11.7 Å². The van der Waals surface area contributed by atoms with Crippen molar-refractivity contribution in [3.8, 4) is 16.9 Å². The van der Waals surface area contributed by atoms with E-state index in [9.17, 15) is 9.90 Å². The molecule has 3 N–H and O–H groups in total. The van der Waals surface area contributed by atoms with Gasteiger partial charge in [-0.2, -0.15) is 0 Å². The summed E-state index contributed by atoms with van der Waals surface area (Å²) >= 11 is 0. The van der Waals surface area contributed by atoms with Crippen LogP contribution in [-0.2, 0) is 4.74 Å². The van der Waals surface area contributed by atoms with Crippen LogP contribution in [0.5, 0.6) is 5.75 Å². The van der Waals surface area contributed by atoms with Crippen LogP contribution in [0.25, 0.3) is 11.1 Å². The zero-order valence-corrected chi connectivity index (χ0v) is 17.6. The minimum absolute atomic E-state index is 0.247. The van der Waals surface area contributed by atoms with Gasteiger partial charge < -0.3 is 25.2 Å². The predicted molar refractivity (Wildman–Crippen MR) is 123 cm³/mol. The van der Waals surface area contributed by atoms with E-state index in [1.165, 1.54) is 7.11 Å². The van der Waals surface area contributed by atoms with Crippen molar-refractivity contribution in [3.63, 3.8) is 0 Å². The van der Waals surface area contributed by atoms with E-state index in [0.29, 0.717) is 25.2 Å². The summed E-state index contributed by atoms with van der Waals surface area (Å²) in [7, 11) is 1.38. The minimum atomic E-state index is -0.578. The van der Waals surface area contributed by atoms with Crippen molar-refractivity contribution < 1.29 is 19.4 Å². The first-order valence-corrected chi connectivity index (χ1v) is 10.2. The molecule has 0 saturated carbocycles. The van der Waals surface area contributed by atoms with Crippen LogP contribution in [-0.4, -0.2) is 50.5 Å². The molecule has 0 aliphatic carbocycles. The van der Waals surface area contributed by atoms with Crippen molar-refractivity contribution in [2.75, 3.05) is 38.7 Å². The van der Waals surface area contributed by atoms with Gasteiger partial charge in [-0.05, 0) is 47.5 Å². The number of carbonyl (C=O) groups is 1. The Balaban J connectivity index is 1.42. The highest BCUT2D eigenvalue weighted by atomic mass is 16.5. The molecule has 6 heteroatoms. The van der Waals surface area contributed by atoms with Gasteiger partial charge in [0.15, 0.2) is 0 Å². The highest BCUT2D eigenvalue weighted by Crippen LogP contribution is 2.23. The van der Waals surface area contributed by atoms with E-state index >= 15 is 0 Å². The van der Waals surface area contributed by atoms with Crippen LogP contribution >= 0.6 is 0 Å². The van der Waals surface area contributed by atoms with E-state index in [1.54, 1.807) is 6.07 Å². The standard InChI is InChI=1S/C25H28N2O4/c1-30-25(29)21-9-5-7-19(15-21)20-8-6-10-22(16-20)27-14-13-26-17-23(28)18-31-24-11-3-2-4-12-24/h2-12,15-16,23,26-28H,13-14,17-18H2,1H3/t23-/m1/s1. The first-order valence-electron chi connectivity index (χ1n) is 10.2. The van der Waals surface area contributed by atoms with Gasteiger partial charge in [-0.15, -0.1) is 0 Å². The summed E-state index contributed by atoms with van der Waals surface area (Å²) in [6.45, 7) is 2.11. The number of hydrogen-bond donors (Lipinski definition) is 3. The Morgan fingerprint density at radius 2 is 1.68 bits per heavy atom. The molecule has 1 atom stereocenters. The molecule has 31 heavy (non-hydrogen) atoms. The van der Waals surface area contributed by atoms with Gasteiger partial charge in [0.05, 0.1) is 12.7 Å². The first-order chi connectivity index (χ1) is 15.2. The van der Waals surface area contributed by atoms with Crippen molar-refractivity contribution in [3.05, 3.63) is 84.4 Å². The van der Waals surface area contributed by atoms with Gasteiger partial charge in [-0.1, -0.05) is 42.5 Å². The third kappa shape index (κ3) is 7.13. The molecule has 0 unspecified atom stereocenters. The number of carbonyl (C=O) groups excluding carboxylic acids is 1. The highest BCUT2D eigenvalue weighted by Gasteiger charge is 2.07. The monoisotopic (exact) mass is 420 g/mol. The number of esters is 1. The minimum Gasteiger partial charge on any atom is -0.491 e. The Labute approximate surface area is 182 Å². The Kier molecular flexibility index (Phi) is 8.46. The van der Waals surface area contributed by atoms with Gasteiger partial charge in [-0.3, -0.25) is 0 Å². The molecular weight excluding hydrogens is 392 g/mol. The number of aliphatic hydroxyl groups is 1. The van der Waals surface area contributed by atoms with Crippen LogP contribution in [0.3, 0.4) is 0 Å². The Morgan fingerprint density at radius 1 is 0.935 bits per heavy atom. The zero-order valence-electron chi connectivity index (χ0n) is 17.6. The number of benzene rings is 3. The van der Waals surface area contributed by atoms with Crippen LogP contribution in [0.2, 0.25) is 0 Å². The molecule has 0 spiro atoms. The molecule has 0 heterocycles. The number of ether oxygens (including phenoxy) is 2. The molecule has 162 valence electrons. The molecule has 0 aliphatic heterocycles. The summed E-state index contributed by atoms with van der Waals surface area (Å²) in [6, 6.07) is 24.8. The molecule has 0 aromatic heterocycles. The number of anilines is 1. The average molecular weight is 421 g/mol. The summed E-state index contributed by atoms with van der Waals surface area (Å²) in [4.78, 5) is 11.8. The van der Waals surface area contributed by atoms with Crippen molar-refractivity contribution in [2.24, 2.45) is 0 Å². The molecule has 0 radical (unpaired) electrons. The number of hydrogen-bond acceptors (Lipinski definition) is 6. The second-order valence-corrected chi connectivity index (χ2v) is 7.06. The van der Waals surface area contributed by atoms with Gasteiger partial charge in [0.25, 0.3) is 0 Å². The molecule has 0 amide bonds. The fourth-order valence-corrected chi connectivity index (χ4v) is 3.08. The van der Waals surface area contributed by atoms with Gasteiger partial charge in [-0.25, -0.2) is 4.79 Å². The third-order valence-electron chi connectivity index (χ3n) is 4.68. The summed E-state index contributed by atoms with van der Waals surface area (Å²) in [6.07, 6.45) is -0.578. The van der Waals surface area contributed by atoms with Crippen LogP contribution < -0.4 is 15.4 Å². The molecule has 3 aromatic rings. The average Bonchev–Trinajstić information content (AvgIpc) is 2.83.